The number of amides is 7. The molecular weight excluding hydrogens is 1330 g/mol. The molecule has 3 heterocycles. The number of nitrogens with zero attached hydrogens (tertiary/aromatic N) is 1. The third kappa shape index (κ3) is 43.9. The zero-order chi connectivity index (χ0) is 74.3. The summed E-state index contributed by atoms with van der Waals surface area (Å²) < 4.78 is 66.1. The number of likely N-dealkylation sites (tertiary alicyclic amines) is 1. The lowest BCUT2D eigenvalue weighted by Gasteiger charge is -2.23. The van der Waals surface area contributed by atoms with Crippen molar-refractivity contribution in [3.63, 3.8) is 0 Å². The largest absolute Gasteiger partial charge is 0.466 e. The van der Waals surface area contributed by atoms with Crippen molar-refractivity contribution < 1.29 is 110 Å². The number of hydrogen-bond donors (Lipinski definition) is 5. The van der Waals surface area contributed by atoms with E-state index in [0.717, 1.165) is 6.04 Å². The second-order valence-electron chi connectivity index (χ2n) is 28.6. The summed E-state index contributed by atoms with van der Waals surface area (Å²) in [6.45, 7) is 24.8. The molecule has 0 radical (unpaired) electrons. The van der Waals surface area contributed by atoms with Crippen molar-refractivity contribution in [1.82, 2.24) is 31.5 Å². The average Bonchev–Trinajstić information content (AvgIpc) is 1.58. The minimum absolute atomic E-state index is 0.00650. The van der Waals surface area contributed by atoms with E-state index in [9.17, 15) is 52.7 Å². The molecule has 3 rings (SSSR count). The van der Waals surface area contributed by atoms with E-state index >= 15 is 0 Å². The molecule has 3 aliphatic heterocycles. The molecule has 7 amide bonds. The fraction of sp³-hybridized carbons (Fsp3) is 0.817. The molecule has 30 heteroatoms. The minimum atomic E-state index is -1.35. The molecular formula is C71H122N6O23Si. The highest BCUT2D eigenvalue weighted by molar-refractivity contribution is 6.76. The van der Waals surface area contributed by atoms with Crippen molar-refractivity contribution in [1.29, 1.82) is 0 Å². The molecule has 2 bridgehead atoms. The molecule has 5 N–H and O–H groups in total. The first-order chi connectivity index (χ1) is 48.1. The van der Waals surface area contributed by atoms with Gasteiger partial charge < -0.3 is 83.4 Å². The van der Waals surface area contributed by atoms with Crippen molar-refractivity contribution in [2.75, 3.05) is 152 Å². The quantitative estimate of drug-likeness (QED) is 0.0185. The Balaban J connectivity index is 1.07. The Morgan fingerprint density at radius 2 is 0.931 bits per heavy atom. The number of esters is 2. The van der Waals surface area contributed by atoms with Gasteiger partial charge in [0.1, 0.15) is 17.4 Å². The average molecular weight is 1460 g/mol. The van der Waals surface area contributed by atoms with Crippen molar-refractivity contribution in [2.24, 2.45) is 17.3 Å². The van der Waals surface area contributed by atoms with E-state index in [2.05, 4.69) is 46.2 Å². The van der Waals surface area contributed by atoms with Crippen LogP contribution in [0, 0.1) is 17.3 Å². The molecule has 4 unspecified atom stereocenters. The highest BCUT2D eigenvalue weighted by Crippen LogP contribution is 2.45. The second-order valence-corrected chi connectivity index (χ2v) is 34.2. The summed E-state index contributed by atoms with van der Waals surface area (Å²) in [7, 11) is -1.35. The number of nitrogens with one attached hydrogen (secondary N) is 5. The summed E-state index contributed by atoms with van der Waals surface area (Å²) in [5.41, 5.74) is -0.693. The zero-order valence-corrected chi connectivity index (χ0v) is 62.9. The molecule has 101 heavy (non-hydrogen) atoms. The first kappa shape index (κ1) is 89.5. The Morgan fingerprint density at radius 1 is 0.455 bits per heavy atom. The lowest BCUT2D eigenvalue weighted by molar-refractivity contribution is -0.155. The molecule has 578 valence electrons. The number of unbranched alkanes of at least 4 members (excludes halogenated alkanes) is 1. The van der Waals surface area contributed by atoms with Crippen LogP contribution >= 0.6 is 0 Å². The Hall–Kier alpha value is -5.67. The molecule has 0 saturated carbocycles. The maximum atomic E-state index is 13.3. The normalized spacial score (nSPS) is 17.0. The SMILES string of the molecule is CC(C)(C)CCC(=O)[C@H](CCC(=O)OC(C)(C)C)NC(=O)CCOCCOCCOCCNC(=O)CCOCCOCCOCCC(=O)CCCOCCOCCOCCC(=O)NCCCC[C@H](NC(=O)CCCN1C(=O)C2C3C=CC(O3)C2C1=O)C(=O)NCCCC(=O)OCC[Si](C)(C)C. The minimum Gasteiger partial charge on any atom is -0.466 e. The number of rotatable bonds is 62. The summed E-state index contributed by atoms with van der Waals surface area (Å²) >= 11 is 0. The standard InChI is InChI=1S/C71H122N6O23Si/c1-70(2,3)28-23-56(79)54(19-22-64(85)100-71(4,5)6)75-62(83)27-37-93-43-49-97-50-44-94-38-31-73-60(81)26-36-92-42-48-96-46-40-90-34-24-53(78)15-14-33-89-39-45-95-47-41-91-35-25-59(80)72-29-11-10-16-55(67(86)74-30-12-18-63(84)98-51-52-101(7,8)9)76-61(82)17-13-32-77-68(87)65-57-20-21-58(99-57)66(65)69(77)88/h20-21,54-55,57-58,65-66H,10-19,22-52H2,1-9H3,(H,72,80)(H,73,81)(H,74,86)(H,75,83)(H,76,82)/t54-,55-,57?,58?,65?,66?/m0/s1. The summed E-state index contributed by atoms with van der Waals surface area (Å²) in [5.74, 6) is -3.90. The number of hydrogen-bond acceptors (Lipinski definition) is 23. The van der Waals surface area contributed by atoms with E-state index in [-0.39, 0.29) is 156 Å². The number of Topliss-reactive ketones (excluding diaryl/α,β-unsaturated/α-hetero) is 2. The van der Waals surface area contributed by atoms with Crippen LogP contribution in [0.5, 0.6) is 0 Å². The van der Waals surface area contributed by atoms with Crippen molar-refractivity contribution in [3.8, 4) is 0 Å². The number of imide groups is 1. The number of ether oxygens (including phenoxy) is 12. The van der Waals surface area contributed by atoms with Crippen LogP contribution in [-0.2, 0) is 110 Å². The molecule has 3 aliphatic rings. The van der Waals surface area contributed by atoms with Crippen LogP contribution in [0.25, 0.3) is 0 Å². The summed E-state index contributed by atoms with van der Waals surface area (Å²) in [5, 5.41) is 14.0. The lowest BCUT2D eigenvalue weighted by Crippen LogP contribution is -2.47. The zero-order valence-electron chi connectivity index (χ0n) is 61.9. The van der Waals surface area contributed by atoms with Crippen LogP contribution in [0.3, 0.4) is 0 Å². The van der Waals surface area contributed by atoms with Gasteiger partial charge in [-0.25, -0.2) is 0 Å². The van der Waals surface area contributed by atoms with Crippen LogP contribution < -0.4 is 26.6 Å². The molecule has 0 aromatic carbocycles. The van der Waals surface area contributed by atoms with Gasteiger partial charge in [0.15, 0.2) is 5.78 Å². The second kappa shape index (κ2) is 51.5. The van der Waals surface area contributed by atoms with Gasteiger partial charge in [-0.3, -0.25) is 57.6 Å². The van der Waals surface area contributed by atoms with Crippen LogP contribution in [0.4, 0.5) is 0 Å². The topological polar surface area (TPSA) is 362 Å². The Kier molecular flexibility index (Phi) is 45.6. The third-order valence-electron chi connectivity index (χ3n) is 16.0. The molecule has 2 fully saturated rings. The van der Waals surface area contributed by atoms with Crippen LogP contribution in [-0.4, -0.2) is 259 Å². The first-order valence-corrected chi connectivity index (χ1v) is 40.0. The van der Waals surface area contributed by atoms with Crippen LogP contribution in [0.15, 0.2) is 12.2 Å². The maximum absolute atomic E-state index is 13.3. The van der Waals surface area contributed by atoms with Crippen molar-refractivity contribution in [2.45, 2.75) is 206 Å². The van der Waals surface area contributed by atoms with E-state index in [1.807, 2.05) is 32.9 Å². The monoisotopic (exact) mass is 1450 g/mol. The van der Waals surface area contributed by atoms with Gasteiger partial charge in [0.05, 0.1) is 149 Å². The van der Waals surface area contributed by atoms with Gasteiger partial charge in [-0.15, -0.1) is 0 Å². The fourth-order valence-corrected chi connectivity index (χ4v) is 11.2. The van der Waals surface area contributed by atoms with E-state index in [0.29, 0.717) is 157 Å². The fourth-order valence-electron chi connectivity index (χ4n) is 10.5. The number of ketones is 2. The molecule has 2 saturated heterocycles. The van der Waals surface area contributed by atoms with E-state index in [1.54, 1.807) is 20.8 Å². The highest BCUT2D eigenvalue weighted by Gasteiger charge is 2.60. The van der Waals surface area contributed by atoms with E-state index < -0.39 is 67.6 Å². The number of carbonyl (C=O) groups is 11. The van der Waals surface area contributed by atoms with Gasteiger partial charge in [0.25, 0.3) is 0 Å². The Morgan fingerprint density at radius 3 is 1.47 bits per heavy atom. The van der Waals surface area contributed by atoms with Crippen LogP contribution in [0.2, 0.25) is 25.7 Å². The molecule has 0 aromatic rings. The molecule has 0 aliphatic carbocycles. The summed E-state index contributed by atoms with van der Waals surface area (Å²) in [6, 6.07) is -0.794. The van der Waals surface area contributed by atoms with Gasteiger partial charge in [-0.1, -0.05) is 52.6 Å². The van der Waals surface area contributed by atoms with E-state index in [1.165, 1.54) is 4.90 Å². The maximum Gasteiger partial charge on any atom is 0.306 e. The predicted molar refractivity (Wildman–Crippen MR) is 375 cm³/mol. The summed E-state index contributed by atoms with van der Waals surface area (Å²) in [6.07, 6.45) is 7.67. The number of fused-ring (bicyclic) bond motifs is 5. The number of carbonyl (C=O) groups excluding carboxylic acids is 11. The lowest BCUT2D eigenvalue weighted by atomic mass is 9.85. The van der Waals surface area contributed by atoms with Crippen molar-refractivity contribution in [3.05, 3.63) is 12.2 Å². The van der Waals surface area contributed by atoms with Crippen molar-refractivity contribution >= 4 is 72.9 Å². The van der Waals surface area contributed by atoms with Gasteiger partial charge in [0.2, 0.25) is 41.4 Å². The molecule has 29 nitrogen and oxygen atoms in total. The third-order valence-corrected chi connectivity index (χ3v) is 17.8. The van der Waals surface area contributed by atoms with Gasteiger partial charge in [-0.05, 0) is 83.6 Å². The smallest absolute Gasteiger partial charge is 0.306 e. The first-order valence-electron chi connectivity index (χ1n) is 36.3. The molecule has 0 spiro atoms. The van der Waals surface area contributed by atoms with Gasteiger partial charge >= 0.3 is 11.9 Å². The summed E-state index contributed by atoms with van der Waals surface area (Å²) in [4.78, 5) is 141. The molecule has 0 aromatic heterocycles. The Labute approximate surface area is 599 Å². The molecule has 6 atom stereocenters. The highest BCUT2D eigenvalue weighted by atomic mass is 28.3. The predicted octanol–water partition coefficient (Wildman–Crippen LogP) is 4.43. The van der Waals surface area contributed by atoms with Crippen LogP contribution in [0.1, 0.15) is 151 Å². The van der Waals surface area contributed by atoms with E-state index in [4.69, 9.17) is 56.8 Å². The van der Waals surface area contributed by atoms with Gasteiger partial charge in [-0.2, -0.15) is 0 Å². The van der Waals surface area contributed by atoms with Gasteiger partial charge in [0, 0.05) is 98.6 Å². The Bertz CT molecular complexity index is 2490.